The maximum atomic E-state index is 13.8. The zero-order valence-corrected chi connectivity index (χ0v) is 24.0. The molecule has 228 valence electrons. The van der Waals surface area contributed by atoms with E-state index >= 15 is 0 Å². The molecular formula is C31H31FN6O6. The summed E-state index contributed by atoms with van der Waals surface area (Å²) in [5.41, 5.74) is 9.54. The number of anilines is 3. The van der Waals surface area contributed by atoms with Gasteiger partial charge in [-0.2, -0.15) is 0 Å². The van der Waals surface area contributed by atoms with Crippen molar-refractivity contribution in [3.63, 3.8) is 0 Å². The summed E-state index contributed by atoms with van der Waals surface area (Å²) in [5, 5.41) is 6.06. The number of hydrogen-bond donors (Lipinski definition) is 4. The first-order valence-electron chi connectivity index (χ1n) is 13.4. The molecule has 4 rings (SSSR count). The maximum Gasteiger partial charge on any atom is 0.319 e. The van der Waals surface area contributed by atoms with Crippen LogP contribution in [0.2, 0.25) is 0 Å². The molecule has 12 nitrogen and oxygen atoms in total. The third kappa shape index (κ3) is 7.91. The molecule has 13 heteroatoms. The number of methoxy groups -OCH3 is 2. The normalized spacial score (nSPS) is 10.3. The fraction of sp³-hybridized carbons (Fsp3) is 0.161. The van der Waals surface area contributed by atoms with Crippen molar-refractivity contribution < 1.29 is 33.0 Å². The molecule has 5 N–H and O–H groups in total. The van der Waals surface area contributed by atoms with Gasteiger partial charge in [0.25, 0.3) is 11.8 Å². The number of hydrazine groups is 1. The summed E-state index contributed by atoms with van der Waals surface area (Å²) in [4.78, 5) is 43.3. The fourth-order valence-electron chi connectivity index (χ4n) is 3.95. The van der Waals surface area contributed by atoms with Crippen molar-refractivity contribution in [2.45, 2.75) is 6.42 Å². The van der Waals surface area contributed by atoms with Crippen LogP contribution in [-0.4, -0.2) is 50.2 Å². The Morgan fingerprint density at radius 2 is 1.68 bits per heavy atom. The number of halogens is 1. The Bertz CT molecular complexity index is 1620. The summed E-state index contributed by atoms with van der Waals surface area (Å²) in [5.74, 6) is -0.633. The number of nitrogens with one attached hydrogen (secondary N) is 3. The molecule has 0 atom stereocenters. The second-order valence-electron chi connectivity index (χ2n) is 9.17. The molecule has 0 spiro atoms. The summed E-state index contributed by atoms with van der Waals surface area (Å²) in [7, 11) is 2.98. The number of nitrogens with zero attached hydrogens (tertiary/aromatic N) is 2. The number of pyridine rings is 1. The average Bonchev–Trinajstić information content (AvgIpc) is 3.04. The molecule has 1 aromatic heterocycles. The smallest absolute Gasteiger partial charge is 0.319 e. The van der Waals surface area contributed by atoms with Gasteiger partial charge < -0.3 is 30.6 Å². The number of benzene rings is 3. The number of carbonyl (C=O) groups is 3. The van der Waals surface area contributed by atoms with Gasteiger partial charge in [0.2, 0.25) is 0 Å². The Labute approximate surface area is 252 Å². The Hall–Kier alpha value is -5.85. The largest absolute Gasteiger partial charge is 0.497 e. The Balaban J connectivity index is 1.45. The van der Waals surface area contributed by atoms with Crippen LogP contribution in [0.1, 0.15) is 27.1 Å². The quantitative estimate of drug-likeness (QED) is 0.145. The lowest BCUT2D eigenvalue weighted by atomic mass is 10.1. The van der Waals surface area contributed by atoms with E-state index in [1.807, 2.05) is 0 Å². The predicted octanol–water partition coefficient (Wildman–Crippen LogP) is 4.40. The molecule has 0 saturated heterocycles. The van der Waals surface area contributed by atoms with Gasteiger partial charge in [0.05, 0.1) is 44.0 Å². The molecule has 0 bridgehead atoms. The van der Waals surface area contributed by atoms with Gasteiger partial charge in [0, 0.05) is 24.4 Å². The van der Waals surface area contributed by atoms with Crippen LogP contribution in [0.25, 0.3) is 0 Å². The highest BCUT2D eigenvalue weighted by Crippen LogP contribution is 2.27. The van der Waals surface area contributed by atoms with Gasteiger partial charge in [-0.15, -0.1) is 0 Å². The second kappa shape index (κ2) is 14.9. The topological polar surface area (TPSA) is 157 Å². The van der Waals surface area contributed by atoms with Gasteiger partial charge in [-0.3, -0.25) is 20.0 Å². The molecule has 4 amide bonds. The van der Waals surface area contributed by atoms with Gasteiger partial charge in [-0.1, -0.05) is 12.1 Å². The number of amides is 4. The number of carbonyl (C=O) groups excluding carboxylic acids is 3. The van der Waals surface area contributed by atoms with E-state index in [0.717, 1.165) is 5.01 Å². The van der Waals surface area contributed by atoms with Crippen molar-refractivity contribution in [2.75, 3.05) is 43.4 Å². The molecule has 4 aromatic rings. The van der Waals surface area contributed by atoms with E-state index in [0.29, 0.717) is 17.9 Å². The predicted molar refractivity (Wildman–Crippen MR) is 162 cm³/mol. The van der Waals surface area contributed by atoms with E-state index in [9.17, 15) is 18.8 Å². The number of para-hydroxylation sites is 1. The van der Waals surface area contributed by atoms with Crippen molar-refractivity contribution in [3.05, 3.63) is 102 Å². The Kier molecular flexibility index (Phi) is 10.5. The van der Waals surface area contributed by atoms with Crippen molar-refractivity contribution >= 4 is 34.9 Å². The van der Waals surface area contributed by atoms with Crippen molar-refractivity contribution in [2.24, 2.45) is 0 Å². The first-order chi connectivity index (χ1) is 21.3. The summed E-state index contributed by atoms with van der Waals surface area (Å²) in [6, 6.07) is 17.7. The minimum atomic E-state index is -0.671. The number of urea groups is 1. The van der Waals surface area contributed by atoms with Gasteiger partial charge in [-0.25, -0.2) is 14.2 Å². The summed E-state index contributed by atoms with van der Waals surface area (Å²) < 4.78 is 30.1. The minimum absolute atomic E-state index is 0.0563. The molecule has 3 aromatic carbocycles. The molecule has 0 radical (unpaired) electrons. The van der Waals surface area contributed by atoms with Crippen molar-refractivity contribution in [1.29, 1.82) is 0 Å². The van der Waals surface area contributed by atoms with Crippen LogP contribution in [0.4, 0.5) is 26.2 Å². The third-order valence-electron chi connectivity index (χ3n) is 6.25. The minimum Gasteiger partial charge on any atom is -0.497 e. The molecule has 0 aliphatic carbocycles. The second-order valence-corrected chi connectivity index (χ2v) is 9.17. The van der Waals surface area contributed by atoms with Crippen LogP contribution in [0.5, 0.6) is 17.2 Å². The van der Waals surface area contributed by atoms with Gasteiger partial charge in [0.15, 0.2) is 0 Å². The van der Waals surface area contributed by atoms with E-state index < -0.39 is 23.7 Å². The molecule has 44 heavy (non-hydrogen) atoms. The number of nitrogens with two attached hydrogens (primary N) is 1. The molecule has 0 saturated carbocycles. The molecule has 0 unspecified atom stereocenters. The van der Waals surface area contributed by atoms with E-state index in [2.05, 4.69) is 21.0 Å². The lowest BCUT2D eigenvalue weighted by Crippen LogP contribution is -2.47. The van der Waals surface area contributed by atoms with Gasteiger partial charge >= 0.3 is 6.03 Å². The van der Waals surface area contributed by atoms with Gasteiger partial charge in [-0.05, 0) is 61.0 Å². The van der Waals surface area contributed by atoms with E-state index in [1.165, 1.54) is 63.0 Å². The molecule has 1 heterocycles. The first kappa shape index (κ1) is 31.1. The zero-order valence-electron chi connectivity index (χ0n) is 24.0. The Morgan fingerprint density at radius 3 is 2.39 bits per heavy atom. The van der Waals surface area contributed by atoms with E-state index in [-0.39, 0.29) is 47.1 Å². The highest BCUT2D eigenvalue weighted by molar-refractivity contribution is 6.10. The number of rotatable bonds is 11. The number of nitrogen functional groups attached to an aromatic ring is 1. The van der Waals surface area contributed by atoms with E-state index in [4.69, 9.17) is 19.9 Å². The van der Waals surface area contributed by atoms with Crippen LogP contribution in [0, 0.1) is 5.82 Å². The standard InChI is InChI=1S/C31H31FN6O6/c1-42-21-10-8-20(9-11-21)30(40)38(27-19-34-16-14-25(27)33)37-29(39)23-13-12-22(43-2)18-28(23)44-17-5-15-35-31(41)36-26-7-4-3-6-24(26)32/h3-4,6-14,16,18-19H,5,15,17H2,1-2H3,(H2,33,34)(H,37,39)(H2,35,36,41). The SMILES string of the molecule is COc1ccc(C(=O)N(NC(=O)c2ccc(OC)cc2OCCCNC(=O)Nc2ccccc2F)c2cnccc2N)cc1. The van der Waals surface area contributed by atoms with Gasteiger partial charge in [0.1, 0.15) is 28.8 Å². The average molecular weight is 603 g/mol. The zero-order chi connectivity index (χ0) is 31.5. The highest BCUT2D eigenvalue weighted by Gasteiger charge is 2.25. The van der Waals surface area contributed by atoms with Crippen LogP contribution in [-0.2, 0) is 0 Å². The van der Waals surface area contributed by atoms with Crippen LogP contribution in [0.15, 0.2) is 85.2 Å². The molecular weight excluding hydrogens is 571 g/mol. The van der Waals surface area contributed by atoms with Crippen LogP contribution < -0.4 is 41.0 Å². The fourth-order valence-corrected chi connectivity index (χ4v) is 3.95. The third-order valence-corrected chi connectivity index (χ3v) is 6.25. The number of hydrogen-bond acceptors (Lipinski definition) is 8. The summed E-state index contributed by atoms with van der Waals surface area (Å²) in [6.45, 7) is 0.313. The molecule has 0 aliphatic heterocycles. The monoisotopic (exact) mass is 602 g/mol. The lowest BCUT2D eigenvalue weighted by molar-refractivity contribution is 0.0885. The van der Waals surface area contributed by atoms with Crippen molar-refractivity contribution in [1.82, 2.24) is 15.7 Å². The van der Waals surface area contributed by atoms with E-state index in [1.54, 1.807) is 36.4 Å². The van der Waals surface area contributed by atoms with Crippen LogP contribution in [0.3, 0.4) is 0 Å². The number of ether oxygens (including phenoxy) is 3. The molecule has 0 aliphatic rings. The summed E-state index contributed by atoms with van der Waals surface area (Å²) >= 11 is 0. The van der Waals surface area contributed by atoms with Crippen molar-refractivity contribution in [3.8, 4) is 17.2 Å². The maximum absolute atomic E-state index is 13.8. The summed E-state index contributed by atoms with van der Waals surface area (Å²) in [6.07, 6.45) is 3.18. The Morgan fingerprint density at radius 1 is 0.955 bits per heavy atom. The highest BCUT2D eigenvalue weighted by atomic mass is 19.1. The first-order valence-corrected chi connectivity index (χ1v) is 13.4. The number of aromatic nitrogens is 1. The van der Waals surface area contributed by atoms with Crippen LogP contribution >= 0.6 is 0 Å². The lowest BCUT2D eigenvalue weighted by Gasteiger charge is -2.25. The molecule has 0 fully saturated rings.